The fourth-order valence-electron chi connectivity index (χ4n) is 3.01. The molecule has 1 fully saturated rings. The van der Waals surface area contributed by atoms with Crippen LogP contribution < -0.4 is 15.6 Å². The van der Waals surface area contributed by atoms with Crippen molar-refractivity contribution in [1.29, 1.82) is 0 Å². The summed E-state index contributed by atoms with van der Waals surface area (Å²) in [5.74, 6) is 0.859. The van der Waals surface area contributed by atoms with Crippen LogP contribution in [0.3, 0.4) is 0 Å². The molecular formula is C17H20N7OS+. The number of anilines is 2. The molecule has 1 aliphatic rings. The third-order valence-electron chi connectivity index (χ3n) is 4.43. The summed E-state index contributed by atoms with van der Waals surface area (Å²) < 4.78 is 0. The summed E-state index contributed by atoms with van der Waals surface area (Å²) in [6.07, 6.45) is 1.50. The highest BCUT2D eigenvalue weighted by atomic mass is 32.2. The molecule has 0 saturated carbocycles. The van der Waals surface area contributed by atoms with E-state index >= 15 is 0 Å². The number of nitrogens with two attached hydrogens (primary N) is 1. The van der Waals surface area contributed by atoms with Gasteiger partial charge in [0.15, 0.2) is 5.52 Å². The van der Waals surface area contributed by atoms with Crippen molar-refractivity contribution in [1.82, 2.24) is 19.9 Å². The Labute approximate surface area is 154 Å². The topological polar surface area (TPSA) is 105 Å². The number of fused-ring (bicyclic) bond motifs is 1. The number of piperazine rings is 1. The Morgan fingerprint density at radius 2 is 2.00 bits per heavy atom. The Balaban J connectivity index is 1.32. The minimum Gasteiger partial charge on any atom is -0.368 e. The quantitative estimate of drug-likeness (QED) is 0.658. The van der Waals surface area contributed by atoms with Crippen molar-refractivity contribution in [3.8, 4) is 0 Å². The number of benzene rings is 1. The maximum atomic E-state index is 12.5. The number of nitrogen functional groups attached to an aromatic ring is 1. The number of aromatic amines is 2. The number of rotatable bonds is 4. The molecule has 9 heteroatoms. The molecule has 1 aromatic carbocycles. The normalized spacial score (nSPS) is 14.8. The molecule has 0 radical (unpaired) electrons. The van der Waals surface area contributed by atoms with Gasteiger partial charge in [-0.25, -0.2) is 4.98 Å². The van der Waals surface area contributed by atoms with E-state index in [0.29, 0.717) is 27.9 Å². The summed E-state index contributed by atoms with van der Waals surface area (Å²) in [6, 6.07) is 10.3. The number of para-hydroxylation sites is 1. The molecule has 0 unspecified atom stereocenters. The van der Waals surface area contributed by atoms with E-state index in [-0.39, 0.29) is 5.91 Å². The average Bonchev–Trinajstić information content (AvgIpc) is 3.11. The van der Waals surface area contributed by atoms with Gasteiger partial charge in [0.2, 0.25) is 23.2 Å². The number of hydrogen-bond donors (Lipinski definition) is 2. The first-order valence-corrected chi connectivity index (χ1v) is 9.42. The minimum absolute atomic E-state index is 0.123. The van der Waals surface area contributed by atoms with Gasteiger partial charge in [-0.15, -0.1) is 0 Å². The zero-order valence-corrected chi connectivity index (χ0v) is 15.0. The maximum Gasteiger partial charge on any atom is 0.292 e. The van der Waals surface area contributed by atoms with E-state index in [1.165, 1.54) is 23.8 Å². The SMILES string of the molecule is Nc1nc[nH+]c2nc(SCC(=O)N3CCN(c4ccccc4)CC3)[nH]c12. The number of nitrogens with zero attached hydrogens (tertiary/aromatic N) is 4. The molecule has 134 valence electrons. The molecule has 1 amide bonds. The molecule has 1 saturated heterocycles. The molecule has 2 aromatic heterocycles. The number of nitrogens with one attached hydrogen (secondary N) is 2. The molecule has 4 rings (SSSR count). The Morgan fingerprint density at radius 1 is 1.23 bits per heavy atom. The molecule has 4 N–H and O–H groups in total. The van der Waals surface area contributed by atoms with Gasteiger partial charge in [-0.1, -0.05) is 39.9 Å². The van der Waals surface area contributed by atoms with Gasteiger partial charge >= 0.3 is 0 Å². The van der Waals surface area contributed by atoms with E-state index in [4.69, 9.17) is 5.73 Å². The van der Waals surface area contributed by atoms with E-state index in [0.717, 1.165) is 26.2 Å². The molecule has 0 spiro atoms. The summed E-state index contributed by atoms with van der Waals surface area (Å²) >= 11 is 1.38. The zero-order valence-electron chi connectivity index (χ0n) is 14.2. The molecule has 0 bridgehead atoms. The molecule has 3 heterocycles. The zero-order chi connectivity index (χ0) is 17.9. The van der Waals surface area contributed by atoms with Crippen molar-refractivity contribution >= 4 is 40.3 Å². The van der Waals surface area contributed by atoms with Crippen LogP contribution in [-0.4, -0.2) is 57.7 Å². The summed E-state index contributed by atoms with van der Waals surface area (Å²) in [4.78, 5) is 31.1. The lowest BCUT2D eigenvalue weighted by atomic mass is 10.2. The lowest BCUT2D eigenvalue weighted by Gasteiger charge is -2.36. The Morgan fingerprint density at radius 3 is 2.73 bits per heavy atom. The minimum atomic E-state index is 0.123. The molecule has 3 aromatic rings. The van der Waals surface area contributed by atoms with Gasteiger partial charge in [-0.05, 0) is 12.1 Å². The van der Waals surface area contributed by atoms with E-state index in [2.05, 4.69) is 37.0 Å². The van der Waals surface area contributed by atoms with Crippen molar-refractivity contribution in [2.24, 2.45) is 0 Å². The predicted octanol–water partition coefficient (Wildman–Crippen LogP) is 0.795. The van der Waals surface area contributed by atoms with Crippen LogP contribution in [0.5, 0.6) is 0 Å². The third kappa shape index (κ3) is 3.43. The molecule has 0 atom stereocenters. The first kappa shape index (κ1) is 16.6. The van der Waals surface area contributed by atoms with Gasteiger partial charge in [0, 0.05) is 31.9 Å². The molecule has 1 aliphatic heterocycles. The second-order valence-corrected chi connectivity index (χ2v) is 7.01. The van der Waals surface area contributed by atoms with Gasteiger partial charge in [-0.2, -0.15) is 0 Å². The number of thioether (sulfide) groups is 1. The van der Waals surface area contributed by atoms with E-state index in [9.17, 15) is 4.79 Å². The first-order valence-electron chi connectivity index (χ1n) is 8.43. The van der Waals surface area contributed by atoms with Crippen molar-refractivity contribution in [2.75, 3.05) is 42.6 Å². The van der Waals surface area contributed by atoms with Crippen LogP contribution in [0.15, 0.2) is 41.8 Å². The Bertz CT molecular complexity index is 906. The smallest absolute Gasteiger partial charge is 0.292 e. The van der Waals surface area contributed by atoms with Crippen LogP contribution >= 0.6 is 11.8 Å². The summed E-state index contributed by atoms with van der Waals surface area (Å²) in [5, 5.41) is 0.659. The predicted molar refractivity (Wildman–Crippen MR) is 101 cm³/mol. The summed E-state index contributed by atoms with van der Waals surface area (Å²) in [5.41, 5.74) is 8.33. The largest absolute Gasteiger partial charge is 0.368 e. The van der Waals surface area contributed by atoms with Crippen LogP contribution in [0, 0.1) is 0 Å². The van der Waals surface area contributed by atoms with E-state index < -0.39 is 0 Å². The summed E-state index contributed by atoms with van der Waals surface area (Å²) in [6.45, 7) is 3.17. The highest BCUT2D eigenvalue weighted by Gasteiger charge is 2.22. The average molecular weight is 370 g/mol. The van der Waals surface area contributed by atoms with Crippen LogP contribution in [0.2, 0.25) is 0 Å². The third-order valence-corrected chi connectivity index (χ3v) is 5.29. The standard InChI is InChI=1S/C17H19N7OS/c18-15-14-16(20-11-19-15)22-17(21-14)26-10-13(25)24-8-6-23(7-9-24)12-4-2-1-3-5-12/h1-5,11H,6-10H2,(H3,18,19,20,21,22)/p+1. The number of amides is 1. The fourth-order valence-corrected chi connectivity index (χ4v) is 3.78. The van der Waals surface area contributed by atoms with Crippen LogP contribution in [-0.2, 0) is 4.79 Å². The highest BCUT2D eigenvalue weighted by molar-refractivity contribution is 7.99. The maximum absolute atomic E-state index is 12.5. The van der Waals surface area contributed by atoms with Crippen LogP contribution in [0.4, 0.5) is 11.5 Å². The lowest BCUT2D eigenvalue weighted by Crippen LogP contribution is -2.49. The van der Waals surface area contributed by atoms with E-state index in [1.54, 1.807) is 0 Å². The molecular weight excluding hydrogens is 350 g/mol. The number of carbonyl (C=O) groups is 1. The van der Waals surface area contributed by atoms with Gasteiger partial charge < -0.3 is 20.5 Å². The second kappa shape index (κ2) is 7.20. The molecule has 0 aliphatic carbocycles. The second-order valence-electron chi connectivity index (χ2n) is 6.05. The molecule has 8 nitrogen and oxygen atoms in total. The van der Waals surface area contributed by atoms with Crippen molar-refractivity contribution < 1.29 is 9.78 Å². The Kier molecular flexibility index (Phi) is 4.61. The van der Waals surface area contributed by atoms with E-state index in [1.807, 2.05) is 23.1 Å². The van der Waals surface area contributed by atoms with Gasteiger partial charge in [0.05, 0.1) is 5.75 Å². The number of aromatic nitrogens is 4. The van der Waals surface area contributed by atoms with Gasteiger partial charge in [0.1, 0.15) is 0 Å². The first-order chi connectivity index (χ1) is 12.7. The highest BCUT2D eigenvalue weighted by Crippen LogP contribution is 2.20. The van der Waals surface area contributed by atoms with Crippen LogP contribution in [0.25, 0.3) is 11.2 Å². The van der Waals surface area contributed by atoms with Gasteiger partial charge in [-0.3, -0.25) is 4.79 Å². The van der Waals surface area contributed by atoms with Gasteiger partial charge in [0.25, 0.3) is 5.65 Å². The number of H-pyrrole nitrogens is 2. The number of hydrogen-bond acceptors (Lipinski definition) is 6. The molecule has 26 heavy (non-hydrogen) atoms. The van der Waals surface area contributed by atoms with Crippen molar-refractivity contribution in [3.05, 3.63) is 36.7 Å². The fraction of sp³-hybridized carbons (Fsp3) is 0.294. The van der Waals surface area contributed by atoms with Crippen LogP contribution in [0.1, 0.15) is 0 Å². The Hall–Kier alpha value is -2.81. The number of imidazole rings is 1. The monoisotopic (exact) mass is 370 g/mol. The number of carbonyl (C=O) groups excluding carboxylic acids is 1. The van der Waals surface area contributed by atoms with Crippen molar-refractivity contribution in [2.45, 2.75) is 5.16 Å². The van der Waals surface area contributed by atoms with Crippen molar-refractivity contribution in [3.63, 3.8) is 0 Å². The lowest BCUT2D eigenvalue weighted by molar-refractivity contribution is -0.352. The summed E-state index contributed by atoms with van der Waals surface area (Å²) in [7, 11) is 0.